The topological polar surface area (TPSA) is 389 Å². The van der Waals surface area contributed by atoms with E-state index in [1.54, 1.807) is 0 Å². The largest absolute Gasteiger partial charge is 0.472 e. The van der Waals surface area contributed by atoms with Crippen LogP contribution in [-0.2, 0) is 57.8 Å². The van der Waals surface area contributed by atoms with Crippen molar-refractivity contribution >= 4 is 50.3 Å². The van der Waals surface area contributed by atoms with E-state index in [2.05, 4.69) is 41.3 Å². The van der Waals surface area contributed by atoms with E-state index in [0.717, 1.165) is 35.4 Å². The summed E-state index contributed by atoms with van der Waals surface area (Å²) in [4.78, 5) is 88.0. The first-order valence-electron chi connectivity index (χ1n) is 18.4. The number of halogens is 1. The molecule has 1 amide bonds. The third-order valence-electron chi connectivity index (χ3n) is 9.23. The summed E-state index contributed by atoms with van der Waals surface area (Å²) in [5.74, 6) is -2.72. The third-order valence-corrected chi connectivity index (χ3v) is 10.7. The number of aromatic nitrogens is 7. The monoisotopic (exact) mass is 930 g/mol. The number of nitrogens with one attached hydrogen (secondary N) is 1. The first-order chi connectivity index (χ1) is 29.8. The fraction of sp³-hybridized carbons (Fsp3) is 0.455. The van der Waals surface area contributed by atoms with Crippen LogP contribution in [0.5, 0.6) is 0 Å². The second-order valence-electron chi connectivity index (χ2n) is 13.7. The van der Waals surface area contributed by atoms with Gasteiger partial charge < -0.3 is 60.6 Å². The molecule has 2 aliphatic rings. The van der Waals surface area contributed by atoms with Gasteiger partial charge in [-0.2, -0.15) is 4.98 Å². The lowest BCUT2D eigenvalue weighted by molar-refractivity contribution is -0.162. The maximum Gasteiger partial charge on any atom is 0.472 e. The molecule has 4 aromatic rings. The zero-order valence-electron chi connectivity index (χ0n) is 32.5. The molecule has 0 saturated carbocycles. The second-order valence-corrected chi connectivity index (χ2v) is 16.4. The molecule has 0 bridgehead atoms. The number of aliphatic hydroxyl groups is 2. The molecular weight excluding hydrogens is 889 g/mol. The molecule has 27 nitrogen and oxygen atoms in total. The molecule has 0 radical (unpaired) electrons. The number of ether oxygens (including phenoxy) is 4. The number of phosphoric ester groups is 2. The number of hydrogen-bond acceptors (Lipinski definition) is 21. The number of nitrogen functional groups attached to an aromatic ring is 2. The highest BCUT2D eigenvalue weighted by molar-refractivity contribution is 7.47. The predicted octanol–water partition coefficient (Wildman–Crippen LogP) is -1.51. The molecule has 0 aliphatic carbocycles. The lowest BCUT2D eigenvalue weighted by Gasteiger charge is -2.26. The van der Waals surface area contributed by atoms with Crippen molar-refractivity contribution in [1.82, 2.24) is 39.4 Å². The van der Waals surface area contributed by atoms with Crippen LogP contribution in [0.25, 0.3) is 11.2 Å². The maximum absolute atomic E-state index is 13.8. The lowest BCUT2D eigenvalue weighted by atomic mass is 10.1. The molecule has 1 unspecified atom stereocenters. The van der Waals surface area contributed by atoms with Gasteiger partial charge in [-0.1, -0.05) is 6.08 Å². The molecule has 6 rings (SSSR count). The number of aliphatic hydroxyl groups excluding tert-OH is 2. The van der Waals surface area contributed by atoms with Gasteiger partial charge in [0, 0.05) is 18.8 Å². The lowest BCUT2D eigenvalue weighted by Crippen LogP contribution is -2.48. The van der Waals surface area contributed by atoms with Crippen LogP contribution < -0.4 is 22.5 Å². The Balaban J connectivity index is 1.23. The Morgan fingerprint density at radius 3 is 2.41 bits per heavy atom. The highest BCUT2D eigenvalue weighted by atomic mass is 31.2. The summed E-state index contributed by atoms with van der Waals surface area (Å²) in [7, 11) is -10.7. The van der Waals surface area contributed by atoms with Gasteiger partial charge in [-0.25, -0.2) is 38.1 Å². The van der Waals surface area contributed by atoms with E-state index in [-0.39, 0.29) is 47.8 Å². The van der Waals surface area contributed by atoms with Crippen LogP contribution in [0.2, 0.25) is 0 Å². The van der Waals surface area contributed by atoms with Crippen molar-refractivity contribution < 1.29 is 80.5 Å². The van der Waals surface area contributed by atoms with Crippen molar-refractivity contribution in [3.8, 4) is 0 Å². The van der Waals surface area contributed by atoms with Gasteiger partial charge in [0.05, 0.1) is 39.0 Å². The molecule has 10 atom stereocenters. The standard InChI is InChI=1S/C33H41FN10O17P2/c1-2-3-4-22(45)41-18(11-55-10-16-7-17(34)9-37-8-16)32(48)60-26-19(58-31(24(26)46)44-15-40-23-28(36)38-14-39-29(23)44)13-57-63(53,54)61-27-20(12-56-62(50,51)52)59-30(25(27)47)43-6-5-21(35)42-33(43)49/h2,5-9,14-15,18-20,24-27,30-31,46-47H,1,3-4,10-13H2,(H,41,45)(H,53,54)(H2,35,42,49)(H2,36,38,39)(H2,50,51,52)/t18-,19+,20-,24-,25-,26-,27-,30-,31-/m1/s1. The summed E-state index contributed by atoms with van der Waals surface area (Å²) in [6.07, 6.45) is -7.05. The van der Waals surface area contributed by atoms with E-state index in [1.807, 2.05) is 0 Å². The van der Waals surface area contributed by atoms with Crippen molar-refractivity contribution in [2.75, 3.05) is 31.3 Å². The summed E-state index contributed by atoms with van der Waals surface area (Å²) in [5, 5.41) is 25.3. The Bertz CT molecular complexity index is 2440. The van der Waals surface area contributed by atoms with Gasteiger partial charge in [-0.3, -0.25) is 32.5 Å². The number of esters is 1. The van der Waals surface area contributed by atoms with Crippen LogP contribution in [0.3, 0.4) is 0 Å². The van der Waals surface area contributed by atoms with Gasteiger partial charge in [0.15, 0.2) is 36.1 Å². The number of nitrogens with zero attached hydrogens (tertiary/aromatic N) is 7. The summed E-state index contributed by atoms with van der Waals surface area (Å²) >= 11 is 0. The Hall–Kier alpha value is -5.19. The fourth-order valence-electron chi connectivity index (χ4n) is 6.35. The highest BCUT2D eigenvalue weighted by Crippen LogP contribution is 2.50. The van der Waals surface area contributed by atoms with E-state index < -0.39 is 114 Å². The Morgan fingerprint density at radius 2 is 1.71 bits per heavy atom. The van der Waals surface area contributed by atoms with E-state index >= 15 is 0 Å². The number of carbonyl (C=O) groups excluding carboxylic acids is 2. The number of anilines is 2. The van der Waals surface area contributed by atoms with Crippen molar-refractivity contribution in [2.24, 2.45) is 0 Å². The first kappa shape index (κ1) is 47.3. The number of amides is 1. The van der Waals surface area contributed by atoms with Crippen LogP contribution in [0.15, 0.2) is 60.8 Å². The summed E-state index contributed by atoms with van der Waals surface area (Å²) in [6, 6.07) is 0.735. The minimum atomic E-state index is -5.46. The molecule has 4 aromatic heterocycles. The molecule has 6 heterocycles. The zero-order valence-corrected chi connectivity index (χ0v) is 34.2. The Kier molecular flexibility index (Phi) is 15.1. The third kappa shape index (κ3) is 11.9. The van der Waals surface area contributed by atoms with Gasteiger partial charge in [-0.15, -0.1) is 6.58 Å². The minimum absolute atomic E-state index is 0.0427. The molecular formula is C33H41FN10O17P2. The van der Waals surface area contributed by atoms with E-state index in [9.17, 15) is 52.8 Å². The fourth-order valence-corrected chi connectivity index (χ4v) is 7.66. The number of carbonyl (C=O) groups is 2. The molecule has 10 N–H and O–H groups in total. The quantitative estimate of drug-likeness (QED) is 0.0284. The Labute approximate surface area is 353 Å². The SMILES string of the molecule is C=CCCC(=O)N[C@H](COCc1cncc(F)c1)C(=O)O[C@H]1[C@@H](O)[C@H](n2cnc3c(N)ncnc32)O[C@H]1COP(=O)(O)O[C@H]1[C@@H](O)[C@H](n2ccc(N)nc2=O)O[C@@H]1COP(=O)(O)O. The van der Waals surface area contributed by atoms with Gasteiger partial charge in [0.2, 0.25) is 5.91 Å². The van der Waals surface area contributed by atoms with E-state index in [1.165, 1.54) is 23.2 Å². The number of allylic oxidation sites excluding steroid dienone is 1. The average molecular weight is 931 g/mol. The van der Waals surface area contributed by atoms with Gasteiger partial charge in [0.1, 0.15) is 54.0 Å². The summed E-state index contributed by atoms with van der Waals surface area (Å²) < 4.78 is 78.5. The number of fused-ring (bicyclic) bond motifs is 1. The van der Waals surface area contributed by atoms with Gasteiger partial charge >= 0.3 is 27.3 Å². The molecule has 2 aliphatic heterocycles. The minimum Gasteiger partial charge on any atom is -0.455 e. The zero-order chi connectivity index (χ0) is 45.6. The number of rotatable bonds is 20. The second kappa shape index (κ2) is 20.1. The van der Waals surface area contributed by atoms with Crippen LogP contribution >= 0.6 is 15.6 Å². The number of phosphoric acid groups is 2. The molecule has 342 valence electrons. The number of hydrogen-bond donors (Lipinski definition) is 8. The normalized spacial score (nSPS) is 25.1. The maximum atomic E-state index is 13.8. The number of imidazole rings is 1. The highest BCUT2D eigenvalue weighted by Gasteiger charge is 2.52. The predicted molar refractivity (Wildman–Crippen MR) is 206 cm³/mol. The van der Waals surface area contributed by atoms with Crippen LogP contribution in [0, 0.1) is 5.82 Å². The first-order valence-corrected chi connectivity index (χ1v) is 21.4. The smallest absolute Gasteiger partial charge is 0.455 e. The van der Waals surface area contributed by atoms with Gasteiger partial charge in [0.25, 0.3) is 0 Å². The van der Waals surface area contributed by atoms with Crippen molar-refractivity contribution in [3.63, 3.8) is 0 Å². The van der Waals surface area contributed by atoms with Crippen LogP contribution in [0.4, 0.5) is 16.0 Å². The molecule has 2 fully saturated rings. The number of pyridine rings is 1. The molecule has 0 spiro atoms. The molecule has 2 saturated heterocycles. The number of nitrogens with two attached hydrogens (primary N) is 2. The van der Waals surface area contributed by atoms with Crippen molar-refractivity contribution in [3.05, 3.63) is 77.9 Å². The Morgan fingerprint density at radius 1 is 1.02 bits per heavy atom. The summed E-state index contributed by atoms with van der Waals surface area (Å²) in [6.45, 7) is 0.696. The van der Waals surface area contributed by atoms with E-state index in [4.69, 9.17) is 39.5 Å². The van der Waals surface area contributed by atoms with Crippen LogP contribution in [0.1, 0.15) is 30.9 Å². The van der Waals surface area contributed by atoms with Gasteiger partial charge in [-0.05, 0) is 24.1 Å². The van der Waals surface area contributed by atoms with E-state index in [0.29, 0.717) is 0 Å². The summed E-state index contributed by atoms with van der Waals surface area (Å²) in [5.41, 5.74) is 10.8. The average Bonchev–Trinajstić information content (AvgIpc) is 3.88. The molecule has 30 heteroatoms. The van der Waals surface area contributed by atoms with Crippen molar-refractivity contribution in [2.45, 2.75) is 74.6 Å². The molecule has 63 heavy (non-hydrogen) atoms. The van der Waals surface area contributed by atoms with Crippen molar-refractivity contribution in [1.29, 1.82) is 0 Å². The van der Waals surface area contributed by atoms with Crippen LogP contribution in [-0.4, -0.2) is 133 Å². The molecule has 0 aromatic carbocycles.